The summed E-state index contributed by atoms with van der Waals surface area (Å²) in [7, 11) is 0. The van der Waals surface area contributed by atoms with Crippen LogP contribution in [0.15, 0.2) is 28.8 Å². The summed E-state index contributed by atoms with van der Waals surface area (Å²) in [6.07, 6.45) is -2.99. The third-order valence-electron chi connectivity index (χ3n) is 2.56. The Balaban J connectivity index is 2.16. The van der Waals surface area contributed by atoms with Crippen molar-refractivity contribution in [1.29, 1.82) is 5.26 Å². The number of oxazole rings is 1. The van der Waals surface area contributed by atoms with E-state index in [1.165, 1.54) is 6.07 Å². The summed E-state index contributed by atoms with van der Waals surface area (Å²) in [5, 5.41) is 11.6. The second-order valence-electron chi connectivity index (χ2n) is 4.09. The Kier molecular flexibility index (Phi) is 3.66. The van der Waals surface area contributed by atoms with Crippen molar-refractivity contribution in [3.63, 3.8) is 0 Å². The van der Waals surface area contributed by atoms with Gasteiger partial charge in [0.2, 0.25) is 5.89 Å². The lowest BCUT2D eigenvalue weighted by atomic mass is 10.1. The van der Waals surface area contributed by atoms with Gasteiger partial charge in [-0.05, 0) is 25.1 Å². The van der Waals surface area contributed by atoms with Crippen LogP contribution in [0.5, 0.6) is 0 Å². The number of aryl methyl sites for hydroxylation is 1. The topological polar surface area (TPSA) is 61.9 Å². The molecule has 2 aromatic rings. The highest BCUT2D eigenvalue weighted by atomic mass is 19.4. The number of benzene rings is 1. The first kappa shape index (κ1) is 13.9. The largest absolute Gasteiger partial charge is 0.444 e. The molecule has 0 spiro atoms. The number of nitriles is 1. The molecule has 0 amide bonds. The minimum atomic E-state index is -4.54. The molecule has 1 aromatic heterocycles. The van der Waals surface area contributed by atoms with E-state index >= 15 is 0 Å². The first-order valence-electron chi connectivity index (χ1n) is 5.66. The van der Waals surface area contributed by atoms with E-state index in [0.29, 0.717) is 17.3 Å². The van der Waals surface area contributed by atoms with E-state index in [4.69, 9.17) is 9.68 Å². The predicted octanol–water partition coefficient (Wildman–Crippen LogP) is 3.49. The summed E-state index contributed by atoms with van der Waals surface area (Å²) in [6, 6.07) is 4.84. The zero-order valence-corrected chi connectivity index (χ0v) is 10.5. The Labute approximate surface area is 112 Å². The van der Waals surface area contributed by atoms with Crippen LogP contribution in [0.1, 0.15) is 22.8 Å². The second-order valence-corrected chi connectivity index (χ2v) is 4.09. The van der Waals surface area contributed by atoms with Crippen molar-refractivity contribution in [1.82, 2.24) is 4.98 Å². The number of aromatic nitrogens is 1. The normalized spacial score (nSPS) is 11.2. The maximum atomic E-state index is 12.6. The molecule has 7 heteroatoms. The van der Waals surface area contributed by atoms with E-state index in [-0.39, 0.29) is 6.54 Å². The van der Waals surface area contributed by atoms with Crippen molar-refractivity contribution in [2.45, 2.75) is 19.6 Å². The van der Waals surface area contributed by atoms with Crippen LogP contribution in [0.3, 0.4) is 0 Å². The highest BCUT2D eigenvalue weighted by Gasteiger charge is 2.33. The van der Waals surface area contributed by atoms with Crippen LogP contribution < -0.4 is 5.32 Å². The van der Waals surface area contributed by atoms with Crippen LogP contribution in [-0.4, -0.2) is 4.98 Å². The van der Waals surface area contributed by atoms with Crippen molar-refractivity contribution < 1.29 is 17.6 Å². The summed E-state index contributed by atoms with van der Waals surface area (Å²) in [5.41, 5.74) is -0.978. The van der Waals surface area contributed by atoms with Crippen LogP contribution in [0.25, 0.3) is 0 Å². The molecule has 0 unspecified atom stereocenters. The first-order chi connectivity index (χ1) is 9.40. The quantitative estimate of drug-likeness (QED) is 0.935. The van der Waals surface area contributed by atoms with Gasteiger partial charge in [0.15, 0.2) is 0 Å². The molecule has 20 heavy (non-hydrogen) atoms. The average molecular weight is 281 g/mol. The number of hydrogen-bond donors (Lipinski definition) is 1. The Hall–Kier alpha value is -2.49. The number of hydrogen-bond acceptors (Lipinski definition) is 4. The van der Waals surface area contributed by atoms with Crippen molar-refractivity contribution >= 4 is 5.69 Å². The number of halogens is 3. The fourth-order valence-electron chi connectivity index (χ4n) is 1.65. The monoisotopic (exact) mass is 281 g/mol. The van der Waals surface area contributed by atoms with Gasteiger partial charge in [0.25, 0.3) is 0 Å². The van der Waals surface area contributed by atoms with Crippen LogP contribution in [0.2, 0.25) is 0 Å². The molecule has 2 rings (SSSR count). The average Bonchev–Trinajstić information content (AvgIpc) is 2.80. The molecule has 0 radical (unpaired) electrons. The summed E-state index contributed by atoms with van der Waals surface area (Å²) in [6.45, 7) is 1.96. The zero-order valence-electron chi connectivity index (χ0n) is 10.5. The van der Waals surface area contributed by atoms with Crippen LogP contribution in [-0.2, 0) is 12.7 Å². The van der Waals surface area contributed by atoms with Gasteiger partial charge in [-0.25, -0.2) is 4.98 Å². The molecule has 0 aliphatic rings. The maximum Gasteiger partial charge on any atom is 0.417 e. The Morgan fingerprint density at radius 2 is 2.15 bits per heavy atom. The van der Waals surface area contributed by atoms with Gasteiger partial charge in [-0.1, -0.05) is 0 Å². The molecular formula is C13H10F3N3O. The van der Waals surface area contributed by atoms with Crippen LogP contribution in [0, 0.1) is 18.3 Å². The highest BCUT2D eigenvalue weighted by molar-refractivity contribution is 5.53. The number of nitrogens with one attached hydrogen (secondary N) is 1. The van der Waals surface area contributed by atoms with Crippen molar-refractivity contribution in [2.75, 3.05) is 5.32 Å². The predicted molar refractivity (Wildman–Crippen MR) is 64.7 cm³/mol. The van der Waals surface area contributed by atoms with Gasteiger partial charge in [-0.15, -0.1) is 0 Å². The van der Waals surface area contributed by atoms with E-state index in [1.54, 1.807) is 19.2 Å². The molecule has 0 saturated heterocycles. The fraction of sp³-hybridized carbons (Fsp3) is 0.231. The molecule has 1 N–H and O–H groups in total. The van der Waals surface area contributed by atoms with Gasteiger partial charge in [-0.2, -0.15) is 18.4 Å². The van der Waals surface area contributed by atoms with Gasteiger partial charge >= 0.3 is 6.18 Å². The molecule has 0 fully saturated rings. The van der Waals surface area contributed by atoms with Gasteiger partial charge in [0, 0.05) is 5.69 Å². The molecule has 1 aromatic carbocycles. The first-order valence-corrected chi connectivity index (χ1v) is 5.66. The molecule has 0 bridgehead atoms. The standard InChI is InChI=1S/C13H10F3N3O/c1-8-6-19-12(20-8)7-18-10-2-3-11(13(14,15)16)9(4-10)5-17/h2-4,6,18H,7H2,1H3. The Morgan fingerprint density at radius 3 is 2.70 bits per heavy atom. The van der Waals surface area contributed by atoms with Gasteiger partial charge in [-0.3, -0.25) is 0 Å². The van der Waals surface area contributed by atoms with Crippen LogP contribution in [0.4, 0.5) is 18.9 Å². The Bertz CT molecular complexity index is 656. The lowest BCUT2D eigenvalue weighted by Crippen LogP contribution is -2.08. The third kappa shape index (κ3) is 3.09. The summed E-state index contributed by atoms with van der Waals surface area (Å²) < 4.78 is 43.1. The van der Waals surface area contributed by atoms with E-state index in [9.17, 15) is 13.2 Å². The minimum absolute atomic E-state index is 0.226. The highest BCUT2D eigenvalue weighted by Crippen LogP contribution is 2.33. The molecule has 0 aliphatic heterocycles. The molecule has 0 atom stereocenters. The number of rotatable bonds is 3. The summed E-state index contributed by atoms with van der Waals surface area (Å²) in [4.78, 5) is 3.96. The second kappa shape index (κ2) is 5.25. The van der Waals surface area contributed by atoms with Crippen molar-refractivity contribution in [3.05, 3.63) is 47.2 Å². The number of anilines is 1. The smallest absolute Gasteiger partial charge is 0.417 e. The number of nitrogens with zero attached hydrogens (tertiary/aromatic N) is 2. The number of alkyl halides is 3. The van der Waals surface area contributed by atoms with E-state index < -0.39 is 17.3 Å². The van der Waals surface area contributed by atoms with E-state index in [1.807, 2.05) is 0 Å². The fourth-order valence-corrected chi connectivity index (χ4v) is 1.65. The molecule has 0 saturated carbocycles. The molecule has 0 aliphatic carbocycles. The lowest BCUT2D eigenvalue weighted by Gasteiger charge is -2.10. The van der Waals surface area contributed by atoms with Gasteiger partial charge in [0.1, 0.15) is 5.76 Å². The molecule has 4 nitrogen and oxygen atoms in total. The van der Waals surface area contributed by atoms with E-state index in [0.717, 1.165) is 12.1 Å². The SMILES string of the molecule is Cc1cnc(CNc2ccc(C(F)(F)F)c(C#N)c2)o1. The molecular weight excluding hydrogens is 271 g/mol. The van der Waals surface area contributed by atoms with Crippen molar-refractivity contribution in [2.24, 2.45) is 0 Å². The molecule has 104 valence electrons. The van der Waals surface area contributed by atoms with Gasteiger partial charge < -0.3 is 9.73 Å². The Morgan fingerprint density at radius 1 is 1.40 bits per heavy atom. The summed E-state index contributed by atoms with van der Waals surface area (Å²) >= 11 is 0. The zero-order chi connectivity index (χ0) is 14.8. The third-order valence-corrected chi connectivity index (χ3v) is 2.56. The van der Waals surface area contributed by atoms with Gasteiger partial charge in [0.05, 0.1) is 29.9 Å². The van der Waals surface area contributed by atoms with Crippen LogP contribution >= 0.6 is 0 Å². The lowest BCUT2D eigenvalue weighted by molar-refractivity contribution is -0.137. The maximum absolute atomic E-state index is 12.6. The summed E-state index contributed by atoms with van der Waals surface area (Å²) in [5.74, 6) is 1.06. The van der Waals surface area contributed by atoms with Crippen molar-refractivity contribution in [3.8, 4) is 6.07 Å². The molecule has 1 heterocycles. The van der Waals surface area contributed by atoms with E-state index in [2.05, 4.69) is 10.3 Å². The minimum Gasteiger partial charge on any atom is -0.444 e.